The number of carbonyl (C=O) groups is 2. The number of ether oxygens (including phenoxy) is 1. The van der Waals surface area contributed by atoms with Gasteiger partial charge in [0, 0.05) is 49.2 Å². The van der Waals surface area contributed by atoms with Crippen LogP contribution in [0.2, 0.25) is 0 Å². The zero-order valence-corrected chi connectivity index (χ0v) is 15.5. The largest absolute Gasteiger partial charge is 0.450 e. The minimum Gasteiger partial charge on any atom is -0.450 e. The average Bonchev–Trinajstić information content (AvgIpc) is 2.83. The summed E-state index contributed by atoms with van der Waals surface area (Å²) in [5.74, 6) is 0.152. The molecule has 1 aliphatic heterocycles. The first-order chi connectivity index (χ1) is 11.3. The SMILES string of the molecule is CCOC(=O)N1CCN(CC(=O)c2cc(C)n(C(C)C)c2C)CC1. The van der Waals surface area contributed by atoms with Gasteiger partial charge in [-0.05, 0) is 40.7 Å². The van der Waals surface area contributed by atoms with Crippen molar-refractivity contribution < 1.29 is 14.3 Å². The van der Waals surface area contributed by atoms with Crippen molar-refractivity contribution in [2.24, 2.45) is 0 Å². The van der Waals surface area contributed by atoms with E-state index in [0.717, 1.165) is 17.0 Å². The fourth-order valence-corrected chi connectivity index (χ4v) is 3.45. The van der Waals surface area contributed by atoms with Gasteiger partial charge in [0.1, 0.15) is 0 Å². The van der Waals surface area contributed by atoms with Gasteiger partial charge >= 0.3 is 6.09 Å². The lowest BCUT2D eigenvalue weighted by Crippen LogP contribution is -2.50. The molecule has 0 spiro atoms. The van der Waals surface area contributed by atoms with Gasteiger partial charge in [-0.25, -0.2) is 4.79 Å². The third-order valence-corrected chi connectivity index (χ3v) is 4.57. The molecule has 0 aliphatic carbocycles. The van der Waals surface area contributed by atoms with E-state index >= 15 is 0 Å². The molecule has 2 heterocycles. The maximum absolute atomic E-state index is 12.7. The molecule has 0 aromatic carbocycles. The first-order valence-corrected chi connectivity index (χ1v) is 8.70. The van der Waals surface area contributed by atoms with Crippen LogP contribution in [-0.4, -0.2) is 65.6 Å². The Kier molecular flexibility index (Phi) is 6.04. The topological polar surface area (TPSA) is 54.8 Å². The van der Waals surface area contributed by atoms with Crippen molar-refractivity contribution in [3.05, 3.63) is 23.0 Å². The quantitative estimate of drug-likeness (QED) is 0.776. The second kappa shape index (κ2) is 7.83. The van der Waals surface area contributed by atoms with E-state index < -0.39 is 0 Å². The van der Waals surface area contributed by atoms with E-state index in [2.05, 4.69) is 23.3 Å². The van der Waals surface area contributed by atoms with E-state index in [1.54, 1.807) is 11.8 Å². The molecule has 1 aliphatic rings. The number of ketones is 1. The van der Waals surface area contributed by atoms with Crippen LogP contribution in [0.25, 0.3) is 0 Å². The summed E-state index contributed by atoms with van der Waals surface area (Å²) >= 11 is 0. The van der Waals surface area contributed by atoms with E-state index in [4.69, 9.17) is 4.74 Å². The van der Waals surface area contributed by atoms with E-state index in [1.807, 2.05) is 19.9 Å². The highest BCUT2D eigenvalue weighted by atomic mass is 16.6. The van der Waals surface area contributed by atoms with Crippen LogP contribution in [-0.2, 0) is 4.74 Å². The monoisotopic (exact) mass is 335 g/mol. The fourth-order valence-electron chi connectivity index (χ4n) is 3.45. The molecule has 0 atom stereocenters. The molecular formula is C18H29N3O3. The molecule has 6 nitrogen and oxygen atoms in total. The molecule has 1 amide bonds. The molecule has 1 saturated heterocycles. The van der Waals surface area contributed by atoms with Gasteiger partial charge in [0.15, 0.2) is 5.78 Å². The number of rotatable bonds is 5. The lowest BCUT2D eigenvalue weighted by atomic mass is 10.1. The van der Waals surface area contributed by atoms with Crippen molar-refractivity contribution in [1.29, 1.82) is 0 Å². The van der Waals surface area contributed by atoms with Crippen LogP contribution in [0.3, 0.4) is 0 Å². The first kappa shape index (κ1) is 18.5. The number of hydrogen-bond acceptors (Lipinski definition) is 4. The lowest BCUT2D eigenvalue weighted by Gasteiger charge is -2.33. The van der Waals surface area contributed by atoms with Crippen molar-refractivity contribution in [3.63, 3.8) is 0 Å². The molecule has 0 saturated carbocycles. The van der Waals surface area contributed by atoms with Gasteiger partial charge in [-0.3, -0.25) is 9.69 Å². The summed E-state index contributed by atoms with van der Waals surface area (Å²) in [6.07, 6.45) is -0.260. The Labute approximate surface area is 144 Å². The maximum Gasteiger partial charge on any atom is 0.409 e. The van der Waals surface area contributed by atoms with Crippen molar-refractivity contribution >= 4 is 11.9 Å². The highest BCUT2D eigenvalue weighted by Gasteiger charge is 2.25. The van der Waals surface area contributed by atoms with Crippen LogP contribution in [0.15, 0.2) is 6.07 Å². The molecule has 0 bridgehead atoms. The minimum absolute atomic E-state index is 0.152. The van der Waals surface area contributed by atoms with E-state index in [-0.39, 0.29) is 11.9 Å². The van der Waals surface area contributed by atoms with Gasteiger partial charge in [-0.2, -0.15) is 0 Å². The Balaban J connectivity index is 1.95. The molecule has 0 radical (unpaired) electrons. The fraction of sp³-hybridized carbons (Fsp3) is 0.667. The van der Waals surface area contributed by atoms with Gasteiger partial charge < -0.3 is 14.2 Å². The van der Waals surface area contributed by atoms with Crippen molar-refractivity contribution in [3.8, 4) is 0 Å². The number of aryl methyl sites for hydroxylation is 1. The second-order valence-electron chi connectivity index (χ2n) is 6.63. The summed E-state index contributed by atoms with van der Waals surface area (Å²) < 4.78 is 7.22. The third kappa shape index (κ3) is 3.98. The van der Waals surface area contributed by atoms with Gasteiger partial charge in [0.05, 0.1) is 13.2 Å². The van der Waals surface area contributed by atoms with Gasteiger partial charge in [0.2, 0.25) is 0 Å². The number of Topliss-reactive ketones (excluding diaryl/α,β-unsaturated/α-hetero) is 1. The zero-order chi connectivity index (χ0) is 17.9. The molecule has 2 rings (SSSR count). The van der Waals surface area contributed by atoms with Gasteiger partial charge in [0.25, 0.3) is 0 Å². The van der Waals surface area contributed by atoms with Gasteiger partial charge in [-0.15, -0.1) is 0 Å². The zero-order valence-electron chi connectivity index (χ0n) is 15.5. The van der Waals surface area contributed by atoms with Crippen molar-refractivity contribution in [1.82, 2.24) is 14.4 Å². The normalized spacial score (nSPS) is 15.8. The minimum atomic E-state index is -0.260. The lowest BCUT2D eigenvalue weighted by molar-refractivity contribution is 0.0733. The standard InChI is InChI=1S/C18H29N3O3/c1-6-24-18(23)20-9-7-19(8-10-20)12-17(22)16-11-14(4)21(13(2)3)15(16)5/h11,13H,6-10,12H2,1-5H3. The highest BCUT2D eigenvalue weighted by molar-refractivity contribution is 5.99. The predicted molar refractivity (Wildman–Crippen MR) is 93.7 cm³/mol. The molecule has 0 N–H and O–H groups in total. The Morgan fingerprint density at radius 1 is 1.17 bits per heavy atom. The Morgan fingerprint density at radius 3 is 2.29 bits per heavy atom. The molecule has 1 aromatic heterocycles. The molecule has 0 unspecified atom stereocenters. The van der Waals surface area contributed by atoms with Crippen LogP contribution in [0.5, 0.6) is 0 Å². The number of nitrogens with zero attached hydrogens (tertiary/aromatic N) is 3. The van der Waals surface area contributed by atoms with Crippen LogP contribution < -0.4 is 0 Å². The molecule has 1 aromatic rings. The number of aromatic nitrogens is 1. The maximum atomic E-state index is 12.7. The summed E-state index contributed by atoms with van der Waals surface area (Å²) in [5, 5.41) is 0. The Bertz CT molecular complexity index is 599. The summed E-state index contributed by atoms with van der Waals surface area (Å²) in [5.41, 5.74) is 2.98. The Hall–Kier alpha value is -1.82. The third-order valence-electron chi connectivity index (χ3n) is 4.57. The number of carbonyl (C=O) groups excluding carboxylic acids is 2. The number of amides is 1. The predicted octanol–water partition coefficient (Wildman–Crippen LogP) is 2.64. The highest BCUT2D eigenvalue weighted by Crippen LogP contribution is 2.21. The second-order valence-corrected chi connectivity index (χ2v) is 6.63. The summed E-state index contributed by atoms with van der Waals surface area (Å²) in [6.45, 7) is 13.5. The van der Waals surface area contributed by atoms with Gasteiger partial charge in [-0.1, -0.05) is 0 Å². The summed E-state index contributed by atoms with van der Waals surface area (Å²) in [6, 6.07) is 2.34. The molecular weight excluding hydrogens is 306 g/mol. The van der Waals surface area contributed by atoms with Crippen LogP contribution >= 0.6 is 0 Å². The van der Waals surface area contributed by atoms with Crippen molar-refractivity contribution in [2.75, 3.05) is 39.3 Å². The first-order valence-electron chi connectivity index (χ1n) is 8.70. The molecule has 134 valence electrons. The summed E-state index contributed by atoms with van der Waals surface area (Å²) in [7, 11) is 0. The van der Waals surface area contributed by atoms with Crippen LogP contribution in [0, 0.1) is 13.8 Å². The van der Waals surface area contributed by atoms with Crippen LogP contribution in [0.1, 0.15) is 48.6 Å². The smallest absolute Gasteiger partial charge is 0.409 e. The average molecular weight is 335 g/mol. The number of hydrogen-bond donors (Lipinski definition) is 0. The number of piperazine rings is 1. The molecule has 24 heavy (non-hydrogen) atoms. The molecule has 6 heteroatoms. The van der Waals surface area contributed by atoms with E-state index in [0.29, 0.717) is 45.4 Å². The van der Waals surface area contributed by atoms with Crippen molar-refractivity contribution in [2.45, 2.75) is 40.7 Å². The van der Waals surface area contributed by atoms with E-state index in [1.165, 1.54) is 0 Å². The Morgan fingerprint density at radius 2 is 1.79 bits per heavy atom. The summed E-state index contributed by atoms with van der Waals surface area (Å²) in [4.78, 5) is 28.2. The molecule has 1 fully saturated rings. The van der Waals surface area contributed by atoms with Crippen LogP contribution in [0.4, 0.5) is 4.79 Å². The van der Waals surface area contributed by atoms with E-state index in [9.17, 15) is 9.59 Å².